The number of carbonyl (C=O) groups excluding carboxylic acids is 1. The first-order valence-electron chi connectivity index (χ1n) is 8.59. The number of aryl methyl sites for hydroxylation is 1. The van der Waals surface area contributed by atoms with Crippen molar-refractivity contribution in [3.8, 4) is 0 Å². The third kappa shape index (κ3) is 2.94. The predicted molar refractivity (Wildman–Crippen MR) is 91.9 cm³/mol. The van der Waals surface area contributed by atoms with Crippen LogP contribution in [0.25, 0.3) is 0 Å². The maximum Gasteiger partial charge on any atom is 0.264 e. The van der Waals surface area contributed by atoms with Crippen LogP contribution >= 0.6 is 11.3 Å². The minimum absolute atomic E-state index is 0.224. The Morgan fingerprint density at radius 2 is 2.30 bits per heavy atom. The minimum atomic E-state index is 0.224. The highest BCUT2D eigenvalue weighted by atomic mass is 32.1. The van der Waals surface area contributed by atoms with Gasteiger partial charge in [0.2, 0.25) is 0 Å². The summed E-state index contributed by atoms with van der Waals surface area (Å²) in [7, 11) is 0. The summed E-state index contributed by atoms with van der Waals surface area (Å²) in [5.41, 5.74) is 1.42. The number of fused-ring (bicyclic) bond motifs is 1. The Morgan fingerprint density at radius 1 is 1.39 bits per heavy atom. The van der Waals surface area contributed by atoms with Gasteiger partial charge in [-0.3, -0.25) is 4.79 Å². The Kier molecular flexibility index (Phi) is 3.97. The van der Waals surface area contributed by atoms with Gasteiger partial charge in [0.15, 0.2) is 0 Å². The molecule has 4 rings (SSSR count). The molecule has 5 heteroatoms. The topological polar surface area (TPSA) is 38.1 Å². The molecule has 2 aromatic heterocycles. The van der Waals surface area contributed by atoms with E-state index in [-0.39, 0.29) is 5.91 Å². The zero-order valence-electron chi connectivity index (χ0n) is 13.6. The average molecular weight is 329 g/mol. The molecule has 0 saturated carbocycles. The fourth-order valence-electron chi connectivity index (χ4n) is 3.84. The van der Waals surface area contributed by atoms with Crippen molar-refractivity contribution in [1.29, 1.82) is 0 Å². The number of carbonyl (C=O) groups is 1. The van der Waals surface area contributed by atoms with Gasteiger partial charge in [-0.05, 0) is 49.7 Å². The summed E-state index contributed by atoms with van der Waals surface area (Å²) in [6.07, 6.45) is 11.4. The van der Waals surface area contributed by atoms with Crippen LogP contribution in [-0.4, -0.2) is 33.4 Å². The molecule has 3 heterocycles. The van der Waals surface area contributed by atoms with Gasteiger partial charge in [0.1, 0.15) is 0 Å². The van der Waals surface area contributed by atoms with Crippen LogP contribution in [0, 0.1) is 5.92 Å². The number of hydrogen-bond acceptors (Lipinski definition) is 3. The van der Waals surface area contributed by atoms with Crippen molar-refractivity contribution >= 4 is 17.2 Å². The quantitative estimate of drug-likeness (QED) is 0.845. The number of imidazole rings is 1. The van der Waals surface area contributed by atoms with Crippen molar-refractivity contribution in [1.82, 2.24) is 14.5 Å². The molecular formula is C18H23N3OS. The lowest BCUT2D eigenvalue weighted by atomic mass is 9.90. The fraction of sp³-hybridized carbons (Fsp3) is 0.556. The zero-order valence-corrected chi connectivity index (χ0v) is 14.4. The van der Waals surface area contributed by atoms with Crippen LogP contribution < -0.4 is 0 Å². The molecule has 2 atom stereocenters. The third-order valence-electron chi connectivity index (χ3n) is 5.17. The number of piperidine rings is 1. The lowest BCUT2D eigenvalue weighted by Crippen LogP contribution is -2.40. The van der Waals surface area contributed by atoms with Gasteiger partial charge >= 0.3 is 0 Å². The number of aromatic nitrogens is 2. The summed E-state index contributed by atoms with van der Waals surface area (Å²) in [4.78, 5) is 21.5. The molecule has 1 aliphatic heterocycles. The van der Waals surface area contributed by atoms with E-state index in [4.69, 9.17) is 0 Å². The summed E-state index contributed by atoms with van der Waals surface area (Å²) in [5.74, 6) is 0.975. The largest absolute Gasteiger partial charge is 0.336 e. The Hall–Kier alpha value is -1.62. The summed E-state index contributed by atoms with van der Waals surface area (Å²) in [5, 5.41) is 0. The molecule has 0 radical (unpaired) electrons. The van der Waals surface area contributed by atoms with Gasteiger partial charge in [0.05, 0.1) is 17.2 Å². The van der Waals surface area contributed by atoms with Gasteiger partial charge < -0.3 is 9.47 Å². The molecule has 2 aromatic rings. The van der Waals surface area contributed by atoms with Gasteiger partial charge in [-0.15, -0.1) is 11.3 Å². The second kappa shape index (κ2) is 6.11. The average Bonchev–Trinajstić information content (AvgIpc) is 3.23. The first-order valence-corrected chi connectivity index (χ1v) is 9.40. The number of nitrogens with zero attached hydrogens (tertiary/aromatic N) is 3. The van der Waals surface area contributed by atoms with E-state index < -0.39 is 0 Å². The molecule has 1 saturated heterocycles. The van der Waals surface area contributed by atoms with Crippen LogP contribution in [-0.2, 0) is 12.8 Å². The summed E-state index contributed by atoms with van der Waals surface area (Å²) < 4.78 is 2.14. The number of amides is 1. The van der Waals surface area contributed by atoms with E-state index in [0.29, 0.717) is 6.04 Å². The van der Waals surface area contributed by atoms with E-state index in [2.05, 4.69) is 22.5 Å². The van der Waals surface area contributed by atoms with E-state index in [1.165, 1.54) is 16.9 Å². The fourth-order valence-corrected chi connectivity index (χ4v) is 5.01. The summed E-state index contributed by atoms with van der Waals surface area (Å²) in [6, 6.07) is 2.53. The molecule has 1 fully saturated rings. The van der Waals surface area contributed by atoms with E-state index in [0.717, 1.165) is 49.6 Å². The number of rotatable bonds is 2. The van der Waals surface area contributed by atoms with E-state index >= 15 is 0 Å². The summed E-state index contributed by atoms with van der Waals surface area (Å²) >= 11 is 1.73. The second-order valence-electron chi connectivity index (χ2n) is 6.96. The Labute approximate surface area is 141 Å². The molecule has 23 heavy (non-hydrogen) atoms. The van der Waals surface area contributed by atoms with Crippen molar-refractivity contribution in [3.05, 3.63) is 40.1 Å². The second-order valence-corrected chi connectivity index (χ2v) is 8.10. The molecule has 0 spiro atoms. The standard InChI is InChI=1S/C18H23N3OS/c1-13-4-5-16-14(9-13)10-17(23-16)18(22)20-7-2-3-15(11-20)21-8-6-19-12-21/h6,8,10,12-13,15H,2-5,7,9,11H2,1H3/t13-,15+/m1/s1. The molecule has 1 amide bonds. The maximum atomic E-state index is 12.9. The minimum Gasteiger partial charge on any atom is -0.336 e. The van der Waals surface area contributed by atoms with Crippen LogP contribution in [0.2, 0.25) is 0 Å². The van der Waals surface area contributed by atoms with Gasteiger partial charge in [0, 0.05) is 30.4 Å². The highest BCUT2D eigenvalue weighted by Gasteiger charge is 2.28. The third-order valence-corrected chi connectivity index (χ3v) is 6.40. The lowest BCUT2D eigenvalue weighted by Gasteiger charge is -2.33. The van der Waals surface area contributed by atoms with Crippen molar-refractivity contribution in [2.45, 2.75) is 45.1 Å². The Morgan fingerprint density at radius 3 is 3.13 bits per heavy atom. The van der Waals surface area contributed by atoms with E-state index in [9.17, 15) is 4.79 Å². The van der Waals surface area contributed by atoms with Crippen molar-refractivity contribution in [3.63, 3.8) is 0 Å². The van der Waals surface area contributed by atoms with Gasteiger partial charge in [-0.25, -0.2) is 4.98 Å². The van der Waals surface area contributed by atoms with Crippen molar-refractivity contribution < 1.29 is 4.79 Å². The highest BCUT2D eigenvalue weighted by molar-refractivity contribution is 7.14. The molecule has 2 aliphatic rings. The monoisotopic (exact) mass is 329 g/mol. The van der Waals surface area contributed by atoms with Crippen molar-refractivity contribution in [2.75, 3.05) is 13.1 Å². The van der Waals surface area contributed by atoms with Gasteiger partial charge in [-0.2, -0.15) is 0 Å². The Balaban J connectivity index is 1.50. The number of thiophene rings is 1. The summed E-state index contributed by atoms with van der Waals surface area (Å²) in [6.45, 7) is 3.99. The molecular weight excluding hydrogens is 306 g/mol. The van der Waals surface area contributed by atoms with Crippen LogP contribution in [0.15, 0.2) is 24.8 Å². The van der Waals surface area contributed by atoms with Crippen LogP contribution in [0.3, 0.4) is 0 Å². The smallest absolute Gasteiger partial charge is 0.264 e. The SMILES string of the molecule is C[C@@H]1CCc2sc(C(=O)N3CCC[C@H](n4ccnc4)C3)cc2C1. The molecule has 4 nitrogen and oxygen atoms in total. The van der Waals surface area contributed by atoms with Crippen LogP contribution in [0.1, 0.15) is 52.3 Å². The maximum absolute atomic E-state index is 12.9. The molecule has 0 bridgehead atoms. The Bertz CT molecular complexity index is 691. The molecule has 1 aliphatic carbocycles. The molecule has 122 valence electrons. The van der Waals surface area contributed by atoms with Crippen LogP contribution in [0.4, 0.5) is 0 Å². The predicted octanol–water partition coefficient (Wildman–Crippen LogP) is 3.55. The first kappa shape index (κ1) is 14.9. The highest BCUT2D eigenvalue weighted by Crippen LogP contribution is 2.33. The number of hydrogen-bond donors (Lipinski definition) is 0. The normalized spacial score (nSPS) is 24.5. The van der Waals surface area contributed by atoms with E-state index in [1.54, 1.807) is 11.3 Å². The number of likely N-dealkylation sites (tertiary alicyclic amines) is 1. The van der Waals surface area contributed by atoms with Crippen LogP contribution in [0.5, 0.6) is 0 Å². The zero-order chi connectivity index (χ0) is 15.8. The molecule has 0 aromatic carbocycles. The van der Waals surface area contributed by atoms with E-state index in [1.807, 2.05) is 23.6 Å². The van der Waals surface area contributed by atoms with Gasteiger partial charge in [-0.1, -0.05) is 6.92 Å². The van der Waals surface area contributed by atoms with Crippen molar-refractivity contribution in [2.24, 2.45) is 5.92 Å². The lowest BCUT2D eigenvalue weighted by molar-refractivity contribution is 0.0684. The molecule has 0 N–H and O–H groups in total. The van der Waals surface area contributed by atoms with Gasteiger partial charge in [0.25, 0.3) is 5.91 Å². The molecule has 0 unspecified atom stereocenters. The first-order chi connectivity index (χ1) is 11.2.